The molecule has 0 radical (unpaired) electrons. The van der Waals surface area contributed by atoms with Crippen LogP contribution in [-0.4, -0.2) is 20.9 Å². The highest BCUT2D eigenvalue weighted by atomic mass is 32.1. The lowest BCUT2D eigenvalue weighted by Gasteiger charge is -2.03. The van der Waals surface area contributed by atoms with E-state index < -0.39 is 0 Å². The molecule has 0 atom stereocenters. The Kier molecular flexibility index (Phi) is 3.03. The number of amides is 1. The molecule has 0 aromatic carbocycles. The van der Waals surface area contributed by atoms with E-state index in [2.05, 4.69) is 20.3 Å². The van der Waals surface area contributed by atoms with E-state index in [0.717, 1.165) is 10.3 Å². The molecular weight excluding hydrogens is 274 g/mol. The van der Waals surface area contributed by atoms with E-state index in [1.54, 1.807) is 23.8 Å². The molecule has 0 aliphatic carbocycles. The molecule has 1 amide bonds. The maximum atomic E-state index is 12.2. The smallest absolute Gasteiger partial charge is 0.259 e. The minimum atomic E-state index is -0.259. The van der Waals surface area contributed by atoms with Crippen molar-refractivity contribution in [3.8, 4) is 0 Å². The summed E-state index contributed by atoms with van der Waals surface area (Å²) in [5.41, 5.74) is 7.63. The summed E-state index contributed by atoms with van der Waals surface area (Å²) in [7, 11) is 0. The summed E-state index contributed by atoms with van der Waals surface area (Å²) in [6.45, 7) is 1.94. The van der Waals surface area contributed by atoms with Crippen LogP contribution in [0.15, 0.2) is 29.9 Å². The molecule has 0 saturated carbocycles. The number of nitrogens with two attached hydrogens (primary N) is 1. The molecule has 0 spiro atoms. The number of hydrogen-bond acceptors (Lipinski definition) is 6. The molecular formula is C13H11N5OS. The Morgan fingerprint density at radius 2 is 2.15 bits per heavy atom. The monoisotopic (exact) mass is 285 g/mol. The van der Waals surface area contributed by atoms with E-state index in [1.165, 1.54) is 11.3 Å². The Bertz CT molecular complexity index is 781. The first-order valence-electron chi connectivity index (χ1n) is 5.87. The molecule has 20 heavy (non-hydrogen) atoms. The molecule has 100 valence electrons. The van der Waals surface area contributed by atoms with Crippen LogP contribution in [0.3, 0.4) is 0 Å². The van der Waals surface area contributed by atoms with Crippen LogP contribution in [0.5, 0.6) is 0 Å². The van der Waals surface area contributed by atoms with Gasteiger partial charge in [-0.2, -0.15) is 0 Å². The molecule has 3 rings (SSSR count). The van der Waals surface area contributed by atoms with Gasteiger partial charge in [-0.05, 0) is 18.6 Å². The van der Waals surface area contributed by atoms with E-state index >= 15 is 0 Å². The number of thiophene rings is 1. The molecule has 3 aromatic rings. The Morgan fingerprint density at radius 3 is 2.90 bits per heavy atom. The molecule has 0 bridgehead atoms. The minimum Gasteiger partial charge on any atom is -0.368 e. The molecule has 3 aromatic heterocycles. The molecule has 0 aliphatic rings. The summed E-state index contributed by atoms with van der Waals surface area (Å²) >= 11 is 1.40. The average Bonchev–Trinajstić information content (AvgIpc) is 2.84. The van der Waals surface area contributed by atoms with Gasteiger partial charge in [-0.3, -0.25) is 4.79 Å². The van der Waals surface area contributed by atoms with Crippen LogP contribution in [0.4, 0.5) is 11.8 Å². The van der Waals surface area contributed by atoms with E-state index in [-0.39, 0.29) is 11.9 Å². The molecule has 7 heteroatoms. The van der Waals surface area contributed by atoms with Crippen molar-refractivity contribution in [3.05, 3.63) is 41.0 Å². The SMILES string of the molecule is Cc1ccc(NC(=O)c2csc3cnc(N)nc23)nc1. The highest BCUT2D eigenvalue weighted by Gasteiger charge is 2.14. The predicted molar refractivity (Wildman–Crippen MR) is 78.8 cm³/mol. The minimum absolute atomic E-state index is 0.151. The number of nitrogens with zero attached hydrogens (tertiary/aromatic N) is 3. The maximum absolute atomic E-state index is 12.2. The third-order valence-corrected chi connectivity index (χ3v) is 3.64. The zero-order valence-corrected chi connectivity index (χ0v) is 11.4. The van der Waals surface area contributed by atoms with Gasteiger partial charge < -0.3 is 11.1 Å². The largest absolute Gasteiger partial charge is 0.368 e. The number of fused-ring (bicyclic) bond motifs is 1. The number of anilines is 2. The lowest BCUT2D eigenvalue weighted by Crippen LogP contribution is -2.12. The second-order valence-electron chi connectivity index (χ2n) is 4.27. The predicted octanol–water partition coefficient (Wildman–Crippen LogP) is 2.23. The molecule has 0 aliphatic heterocycles. The summed E-state index contributed by atoms with van der Waals surface area (Å²) in [5.74, 6) is 0.395. The van der Waals surface area contributed by atoms with Crippen LogP contribution in [0.1, 0.15) is 15.9 Å². The van der Waals surface area contributed by atoms with Crippen LogP contribution in [0.25, 0.3) is 10.2 Å². The second-order valence-corrected chi connectivity index (χ2v) is 5.18. The van der Waals surface area contributed by atoms with E-state index in [4.69, 9.17) is 5.73 Å². The number of nitrogen functional groups attached to an aromatic ring is 1. The van der Waals surface area contributed by atoms with Crippen molar-refractivity contribution in [2.45, 2.75) is 6.92 Å². The van der Waals surface area contributed by atoms with Gasteiger partial charge in [0.05, 0.1) is 22.0 Å². The summed E-state index contributed by atoms with van der Waals surface area (Å²) in [4.78, 5) is 24.4. The van der Waals surface area contributed by atoms with Crippen molar-refractivity contribution in [3.63, 3.8) is 0 Å². The van der Waals surface area contributed by atoms with Crippen molar-refractivity contribution in [1.29, 1.82) is 0 Å². The van der Waals surface area contributed by atoms with Gasteiger partial charge in [0.2, 0.25) is 5.95 Å². The van der Waals surface area contributed by atoms with E-state index in [0.29, 0.717) is 16.9 Å². The fourth-order valence-corrected chi connectivity index (χ4v) is 2.57. The van der Waals surface area contributed by atoms with E-state index in [9.17, 15) is 4.79 Å². The Hall–Kier alpha value is -2.54. The normalized spacial score (nSPS) is 10.7. The number of aromatic nitrogens is 3. The van der Waals surface area contributed by atoms with E-state index in [1.807, 2.05) is 13.0 Å². The molecule has 0 unspecified atom stereocenters. The summed E-state index contributed by atoms with van der Waals surface area (Å²) in [5, 5.41) is 4.48. The lowest BCUT2D eigenvalue weighted by molar-refractivity contribution is 0.102. The van der Waals surface area contributed by atoms with Gasteiger partial charge in [-0.15, -0.1) is 11.3 Å². The highest BCUT2D eigenvalue weighted by Crippen LogP contribution is 2.24. The third-order valence-electron chi connectivity index (χ3n) is 2.73. The van der Waals surface area contributed by atoms with Gasteiger partial charge in [0.15, 0.2) is 0 Å². The van der Waals surface area contributed by atoms with Crippen molar-refractivity contribution in [1.82, 2.24) is 15.0 Å². The fourth-order valence-electron chi connectivity index (χ4n) is 1.73. The van der Waals surface area contributed by atoms with Crippen molar-refractivity contribution < 1.29 is 4.79 Å². The van der Waals surface area contributed by atoms with Crippen molar-refractivity contribution in [2.24, 2.45) is 0 Å². The zero-order chi connectivity index (χ0) is 14.1. The number of aryl methyl sites for hydroxylation is 1. The van der Waals surface area contributed by atoms with Gasteiger partial charge in [-0.1, -0.05) is 6.07 Å². The van der Waals surface area contributed by atoms with Gasteiger partial charge in [0.1, 0.15) is 5.82 Å². The van der Waals surface area contributed by atoms with Crippen LogP contribution < -0.4 is 11.1 Å². The molecule has 0 saturated heterocycles. The van der Waals surface area contributed by atoms with Crippen LogP contribution in [0, 0.1) is 6.92 Å². The Balaban J connectivity index is 1.92. The van der Waals surface area contributed by atoms with Crippen LogP contribution >= 0.6 is 11.3 Å². The summed E-state index contributed by atoms with van der Waals surface area (Å²) in [6.07, 6.45) is 3.31. The average molecular weight is 285 g/mol. The standard InChI is InChI=1S/C13H11N5OS/c1-7-2-3-10(15-4-7)17-12(19)8-6-20-9-5-16-13(14)18-11(8)9/h2-6H,1H3,(H2,14,16,18)(H,15,17,19). The molecule has 3 N–H and O–H groups in total. The number of hydrogen-bond donors (Lipinski definition) is 2. The number of rotatable bonds is 2. The fraction of sp³-hybridized carbons (Fsp3) is 0.0769. The number of carbonyl (C=O) groups is 1. The number of pyridine rings is 1. The van der Waals surface area contributed by atoms with Gasteiger partial charge in [-0.25, -0.2) is 15.0 Å². The first-order valence-corrected chi connectivity index (χ1v) is 6.75. The molecule has 3 heterocycles. The van der Waals surface area contributed by atoms with Crippen molar-refractivity contribution in [2.75, 3.05) is 11.1 Å². The van der Waals surface area contributed by atoms with Crippen molar-refractivity contribution >= 4 is 39.2 Å². The quantitative estimate of drug-likeness (QED) is 0.753. The van der Waals surface area contributed by atoms with Gasteiger partial charge >= 0.3 is 0 Å². The first kappa shape index (κ1) is 12.5. The molecule has 6 nitrogen and oxygen atoms in total. The van der Waals surface area contributed by atoms with Crippen LogP contribution in [0.2, 0.25) is 0 Å². The summed E-state index contributed by atoms with van der Waals surface area (Å²) < 4.78 is 0.821. The maximum Gasteiger partial charge on any atom is 0.259 e. The number of nitrogens with one attached hydrogen (secondary N) is 1. The Labute approximate surface area is 118 Å². The lowest BCUT2D eigenvalue weighted by atomic mass is 10.2. The first-order chi connectivity index (χ1) is 9.63. The Morgan fingerprint density at radius 1 is 1.30 bits per heavy atom. The highest BCUT2D eigenvalue weighted by molar-refractivity contribution is 7.17. The van der Waals surface area contributed by atoms with Gasteiger partial charge in [0.25, 0.3) is 5.91 Å². The second kappa shape index (κ2) is 4.86. The van der Waals surface area contributed by atoms with Crippen LogP contribution in [-0.2, 0) is 0 Å². The molecule has 0 fully saturated rings. The zero-order valence-electron chi connectivity index (χ0n) is 10.6. The topological polar surface area (TPSA) is 93.8 Å². The number of carbonyl (C=O) groups excluding carboxylic acids is 1. The van der Waals surface area contributed by atoms with Gasteiger partial charge in [0, 0.05) is 11.6 Å². The third kappa shape index (κ3) is 2.30. The summed E-state index contributed by atoms with van der Waals surface area (Å²) in [6, 6.07) is 3.64.